The minimum Gasteiger partial charge on any atom is -0.374 e. The van der Waals surface area contributed by atoms with Crippen molar-refractivity contribution in [2.45, 2.75) is 52.0 Å². The molecule has 22 heavy (non-hydrogen) atoms. The number of benzene rings is 1. The molecule has 0 heterocycles. The summed E-state index contributed by atoms with van der Waals surface area (Å²) in [6.07, 6.45) is 5.31. The van der Waals surface area contributed by atoms with E-state index in [0.29, 0.717) is 12.3 Å². The van der Waals surface area contributed by atoms with Gasteiger partial charge in [-0.15, -0.1) is 0 Å². The van der Waals surface area contributed by atoms with Gasteiger partial charge in [-0.3, -0.25) is 4.79 Å². The highest BCUT2D eigenvalue weighted by Gasteiger charge is 2.19. The molecule has 0 bridgehead atoms. The van der Waals surface area contributed by atoms with E-state index in [4.69, 9.17) is 0 Å². The molecular weight excluding hydrogens is 342 g/mol. The van der Waals surface area contributed by atoms with E-state index < -0.39 is 0 Å². The average molecular weight is 366 g/mol. The minimum absolute atomic E-state index is 0.0762. The number of anilines is 1. The predicted octanol–water partition coefficient (Wildman–Crippen LogP) is 4.32. The highest BCUT2D eigenvalue weighted by atomic mass is 79.9. The van der Waals surface area contributed by atoms with Crippen molar-refractivity contribution in [1.29, 1.82) is 0 Å². The Morgan fingerprint density at radius 2 is 2.27 bits per heavy atom. The molecule has 4 nitrogen and oxygen atoms in total. The summed E-state index contributed by atoms with van der Waals surface area (Å²) in [4.78, 5) is 12.3. The quantitative estimate of drug-likeness (QED) is 0.763. The van der Waals surface area contributed by atoms with E-state index in [1.54, 1.807) is 0 Å². The first-order valence-corrected chi connectivity index (χ1v) is 8.78. The lowest BCUT2D eigenvalue weighted by Crippen LogP contribution is -2.37. The lowest BCUT2D eigenvalue weighted by molar-refractivity contribution is -0.121. The summed E-state index contributed by atoms with van der Waals surface area (Å²) >= 11 is 3.44. The smallest absolute Gasteiger partial charge is 0.262 e. The van der Waals surface area contributed by atoms with Crippen LogP contribution in [-0.2, 0) is 4.79 Å². The third kappa shape index (κ3) is 4.83. The van der Waals surface area contributed by atoms with Crippen molar-refractivity contribution in [3.8, 4) is 0 Å². The van der Waals surface area contributed by atoms with Crippen molar-refractivity contribution in [3.05, 3.63) is 28.7 Å². The molecule has 1 aliphatic rings. The van der Waals surface area contributed by atoms with Gasteiger partial charge in [0.2, 0.25) is 0 Å². The van der Waals surface area contributed by atoms with Crippen LogP contribution >= 0.6 is 15.9 Å². The minimum atomic E-state index is -0.280. The summed E-state index contributed by atoms with van der Waals surface area (Å²) < 4.78 is 0.990. The molecule has 2 N–H and O–H groups in total. The molecule has 2 rings (SSSR count). The molecule has 0 aromatic heterocycles. The monoisotopic (exact) mass is 365 g/mol. The molecule has 0 radical (unpaired) electrons. The maximum absolute atomic E-state index is 12.3. The number of nitrogens with zero attached hydrogens (tertiary/aromatic N) is 1. The van der Waals surface area contributed by atoms with Crippen LogP contribution in [0.25, 0.3) is 0 Å². The van der Waals surface area contributed by atoms with Crippen molar-refractivity contribution < 1.29 is 4.79 Å². The number of nitrogens with one attached hydrogen (secondary N) is 2. The van der Waals surface area contributed by atoms with Crippen molar-refractivity contribution in [2.24, 2.45) is 11.0 Å². The van der Waals surface area contributed by atoms with E-state index in [1.807, 2.05) is 31.2 Å². The zero-order chi connectivity index (χ0) is 15.9. The van der Waals surface area contributed by atoms with Gasteiger partial charge in [-0.25, -0.2) is 5.43 Å². The van der Waals surface area contributed by atoms with Crippen LogP contribution in [0.15, 0.2) is 33.8 Å². The molecule has 2 unspecified atom stereocenters. The van der Waals surface area contributed by atoms with Gasteiger partial charge in [0.15, 0.2) is 0 Å². The fourth-order valence-corrected chi connectivity index (χ4v) is 3.07. The van der Waals surface area contributed by atoms with Crippen LogP contribution in [0.5, 0.6) is 0 Å². The number of hydrogen-bond donors (Lipinski definition) is 2. The molecule has 120 valence electrons. The van der Waals surface area contributed by atoms with E-state index in [0.717, 1.165) is 22.3 Å². The van der Waals surface area contributed by atoms with Gasteiger partial charge in [-0.05, 0) is 49.8 Å². The van der Waals surface area contributed by atoms with Crippen molar-refractivity contribution >= 4 is 33.2 Å². The number of halogens is 1. The Kier molecular flexibility index (Phi) is 6.43. The van der Waals surface area contributed by atoms with Gasteiger partial charge >= 0.3 is 0 Å². The standard InChI is InChI=1S/C17H24BrN3O/c1-3-15(19-14-9-6-8-13(18)11-14)17(22)21-20-16-10-5-4-7-12(16)2/h6,8-9,11-12,15,19H,3-5,7,10H2,1-2H3,(H,21,22)/b20-16+. The molecule has 2 atom stereocenters. The van der Waals surface area contributed by atoms with Crippen LogP contribution in [0.3, 0.4) is 0 Å². The molecule has 1 aliphatic carbocycles. The van der Waals surface area contributed by atoms with Gasteiger partial charge in [0.25, 0.3) is 5.91 Å². The second kappa shape index (κ2) is 8.32. The fraction of sp³-hybridized carbons (Fsp3) is 0.529. The van der Waals surface area contributed by atoms with E-state index in [-0.39, 0.29) is 11.9 Å². The van der Waals surface area contributed by atoms with E-state index in [1.165, 1.54) is 19.3 Å². The Labute approximate surface area is 140 Å². The topological polar surface area (TPSA) is 53.5 Å². The second-order valence-electron chi connectivity index (χ2n) is 5.84. The fourth-order valence-electron chi connectivity index (χ4n) is 2.67. The highest BCUT2D eigenvalue weighted by Crippen LogP contribution is 2.21. The van der Waals surface area contributed by atoms with E-state index in [2.05, 4.69) is 38.7 Å². The molecule has 0 aliphatic heterocycles. The number of hydrazone groups is 1. The number of amides is 1. The van der Waals surface area contributed by atoms with Crippen LogP contribution < -0.4 is 10.7 Å². The molecule has 5 heteroatoms. The maximum Gasteiger partial charge on any atom is 0.262 e. The molecule has 1 aromatic carbocycles. The summed E-state index contributed by atoms with van der Waals surface area (Å²) in [5.74, 6) is 0.403. The zero-order valence-corrected chi connectivity index (χ0v) is 14.8. The van der Waals surface area contributed by atoms with Crippen LogP contribution in [0.2, 0.25) is 0 Å². The summed E-state index contributed by atoms with van der Waals surface area (Å²) in [6, 6.07) is 7.54. The summed E-state index contributed by atoms with van der Waals surface area (Å²) in [5, 5.41) is 7.62. The normalized spacial score (nSPS) is 21.4. The second-order valence-corrected chi connectivity index (χ2v) is 6.76. The van der Waals surface area contributed by atoms with E-state index in [9.17, 15) is 4.79 Å². The SMILES string of the molecule is CCC(Nc1cccc(Br)c1)C(=O)N/N=C1\CCCCC1C. The van der Waals surface area contributed by atoms with Gasteiger partial charge in [-0.1, -0.05) is 42.3 Å². The average Bonchev–Trinajstić information content (AvgIpc) is 2.51. The number of hydrogen-bond acceptors (Lipinski definition) is 3. The van der Waals surface area contributed by atoms with Gasteiger partial charge in [-0.2, -0.15) is 5.10 Å². The molecule has 1 amide bonds. The first-order chi connectivity index (χ1) is 10.6. The van der Waals surface area contributed by atoms with Gasteiger partial charge in [0.05, 0.1) is 0 Å². The lowest BCUT2D eigenvalue weighted by atomic mass is 9.89. The van der Waals surface area contributed by atoms with Crippen LogP contribution in [0, 0.1) is 5.92 Å². The molecule has 0 saturated heterocycles. The lowest BCUT2D eigenvalue weighted by Gasteiger charge is -2.21. The van der Waals surface area contributed by atoms with Gasteiger partial charge in [0.1, 0.15) is 6.04 Å². The Bertz CT molecular complexity index is 544. The number of carbonyl (C=O) groups excluding carboxylic acids is 1. The molecular formula is C17H24BrN3O. The van der Waals surface area contributed by atoms with Crippen molar-refractivity contribution in [3.63, 3.8) is 0 Å². The number of rotatable bonds is 5. The van der Waals surface area contributed by atoms with Crippen molar-refractivity contribution in [2.75, 3.05) is 5.32 Å². The van der Waals surface area contributed by atoms with Crippen LogP contribution in [0.1, 0.15) is 46.0 Å². The highest BCUT2D eigenvalue weighted by molar-refractivity contribution is 9.10. The molecule has 1 aromatic rings. The summed E-state index contributed by atoms with van der Waals surface area (Å²) in [6.45, 7) is 4.17. The Hall–Kier alpha value is -1.36. The third-order valence-corrected chi connectivity index (χ3v) is 4.58. The Morgan fingerprint density at radius 1 is 1.45 bits per heavy atom. The molecule has 1 fully saturated rings. The maximum atomic E-state index is 12.3. The zero-order valence-electron chi connectivity index (χ0n) is 13.2. The summed E-state index contributed by atoms with van der Waals surface area (Å²) in [7, 11) is 0. The van der Waals surface area contributed by atoms with Gasteiger partial charge in [0, 0.05) is 15.9 Å². The molecule has 0 spiro atoms. The Morgan fingerprint density at radius 3 is 2.95 bits per heavy atom. The molecule has 1 saturated carbocycles. The van der Waals surface area contributed by atoms with Crippen LogP contribution in [-0.4, -0.2) is 17.7 Å². The summed E-state index contributed by atoms with van der Waals surface area (Å²) in [5.41, 5.74) is 4.79. The largest absolute Gasteiger partial charge is 0.374 e. The van der Waals surface area contributed by atoms with Gasteiger partial charge < -0.3 is 5.32 Å². The van der Waals surface area contributed by atoms with Crippen LogP contribution in [0.4, 0.5) is 5.69 Å². The Balaban J connectivity index is 1.95. The third-order valence-electron chi connectivity index (χ3n) is 4.09. The van der Waals surface area contributed by atoms with Crippen molar-refractivity contribution in [1.82, 2.24) is 5.43 Å². The first-order valence-electron chi connectivity index (χ1n) is 7.98. The first kappa shape index (κ1) is 17.0. The predicted molar refractivity (Wildman–Crippen MR) is 95.1 cm³/mol. The number of carbonyl (C=O) groups is 1. The van der Waals surface area contributed by atoms with E-state index >= 15 is 0 Å².